The van der Waals surface area contributed by atoms with Crippen LogP contribution in [0.4, 0.5) is 5.69 Å². The summed E-state index contributed by atoms with van der Waals surface area (Å²) < 4.78 is 14.9. The second-order valence-electron chi connectivity index (χ2n) is 4.68. The Labute approximate surface area is 140 Å². The molecule has 0 saturated carbocycles. The van der Waals surface area contributed by atoms with Crippen LogP contribution in [0.2, 0.25) is 0 Å². The number of hydrogen-bond donors (Lipinski definition) is 3. The van der Waals surface area contributed by atoms with Crippen LogP contribution in [0.3, 0.4) is 0 Å². The molecule has 10 heteroatoms. The highest BCUT2D eigenvalue weighted by molar-refractivity contribution is 5.96. The van der Waals surface area contributed by atoms with Crippen molar-refractivity contribution < 1.29 is 23.8 Å². The zero-order valence-corrected chi connectivity index (χ0v) is 13.4. The molecule has 132 valence electrons. The molecule has 1 aromatic heterocycles. The maximum atomic E-state index is 11.9. The molecule has 0 atom stereocenters. The number of nitrogens with one attached hydrogen (secondary N) is 3. The van der Waals surface area contributed by atoms with Crippen molar-refractivity contribution in [3.05, 3.63) is 50.8 Å². The van der Waals surface area contributed by atoms with E-state index >= 15 is 0 Å². The van der Waals surface area contributed by atoms with Crippen molar-refractivity contribution >= 4 is 17.6 Å². The van der Waals surface area contributed by atoms with Gasteiger partial charge in [0.1, 0.15) is 17.1 Å². The molecule has 1 heterocycles. The van der Waals surface area contributed by atoms with Crippen molar-refractivity contribution in [1.29, 1.82) is 0 Å². The van der Waals surface area contributed by atoms with E-state index in [9.17, 15) is 19.2 Å². The standard InChI is InChI=1S/C15H15N3O7/c1-23-8-3-4-11(24-2)10(5-8)17-12(19)7-25-14(21)9-6-16-15(22)18-13(9)20/h3-6H,7H2,1-2H3,(H,17,19)(H2,16,18,20,22). The number of anilines is 1. The molecule has 10 nitrogen and oxygen atoms in total. The van der Waals surface area contributed by atoms with Gasteiger partial charge in [-0.3, -0.25) is 14.6 Å². The van der Waals surface area contributed by atoms with E-state index < -0.39 is 35.3 Å². The minimum Gasteiger partial charge on any atom is -0.497 e. The molecule has 0 aliphatic heterocycles. The Hall–Kier alpha value is -3.56. The lowest BCUT2D eigenvalue weighted by atomic mass is 10.2. The number of amides is 1. The number of rotatable bonds is 6. The number of methoxy groups -OCH3 is 2. The Morgan fingerprint density at radius 3 is 2.56 bits per heavy atom. The Kier molecular flexibility index (Phi) is 5.56. The van der Waals surface area contributed by atoms with E-state index in [0.29, 0.717) is 17.2 Å². The molecule has 2 aromatic rings. The number of ether oxygens (including phenoxy) is 3. The van der Waals surface area contributed by atoms with Crippen LogP contribution in [0.5, 0.6) is 11.5 Å². The largest absolute Gasteiger partial charge is 0.497 e. The Balaban J connectivity index is 2.02. The fraction of sp³-hybridized carbons (Fsp3) is 0.200. The summed E-state index contributed by atoms with van der Waals surface area (Å²) >= 11 is 0. The van der Waals surface area contributed by atoms with Gasteiger partial charge in [0.05, 0.1) is 19.9 Å². The Morgan fingerprint density at radius 1 is 1.16 bits per heavy atom. The molecule has 0 bridgehead atoms. The van der Waals surface area contributed by atoms with E-state index in [0.717, 1.165) is 6.20 Å². The van der Waals surface area contributed by atoms with Crippen LogP contribution in [0.25, 0.3) is 0 Å². The number of benzene rings is 1. The van der Waals surface area contributed by atoms with Gasteiger partial charge in [-0.05, 0) is 12.1 Å². The van der Waals surface area contributed by atoms with Gasteiger partial charge in [-0.2, -0.15) is 0 Å². The molecular weight excluding hydrogens is 334 g/mol. The van der Waals surface area contributed by atoms with Crippen LogP contribution in [0, 0.1) is 0 Å². The van der Waals surface area contributed by atoms with E-state index in [4.69, 9.17) is 14.2 Å². The number of carbonyl (C=O) groups is 2. The van der Waals surface area contributed by atoms with Crippen LogP contribution in [0.15, 0.2) is 34.0 Å². The van der Waals surface area contributed by atoms with Crippen LogP contribution in [-0.4, -0.2) is 42.7 Å². The smallest absolute Gasteiger partial charge is 0.345 e. The van der Waals surface area contributed by atoms with Crippen molar-refractivity contribution in [3.8, 4) is 11.5 Å². The molecular formula is C15H15N3O7. The number of aromatic nitrogens is 2. The van der Waals surface area contributed by atoms with E-state index in [1.165, 1.54) is 20.3 Å². The Morgan fingerprint density at radius 2 is 1.92 bits per heavy atom. The molecule has 0 saturated heterocycles. The predicted molar refractivity (Wildman–Crippen MR) is 86.1 cm³/mol. The van der Waals surface area contributed by atoms with Crippen LogP contribution < -0.4 is 26.0 Å². The lowest BCUT2D eigenvalue weighted by Gasteiger charge is -2.11. The fourth-order valence-electron chi connectivity index (χ4n) is 1.87. The van der Waals surface area contributed by atoms with Crippen LogP contribution in [-0.2, 0) is 9.53 Å². The first-order chi connectivity index (χ1) is 11.9. The zero-order chi connectivity index (χ0) is 18.4. The third kappa shape index (κ3) is 4.47. The first-order valence-electron chi connectivity index (χ1n) is 6.95. The highest BCUT2D eigenvalue weighted by Crippen LogP contribution is 2.28. The van der Waals surface area contributed by atoms with E-state index in [1.807, 2.05) is 4.98 Å². The maximum Gasteiger partial charge on any atom is 0.345 e. The van der Waals surface area contributed by atoms with Crippen molar-refractivity contribution in [2.45, 2.75) is 0 Å². The quantitative estimate of drug-likeness (QED) is 0.617. The van der Waals surface area contributed by atoms with Gasteiger partial charge < -0.3 is 24.5 Å². The highest BCUT2D eigenvalue weighted by Gasteiger charge is 2.15. The van der Waals surface area contributed by atoms with E-state index in [1.54, 1.807) is 12.1 Å². The number of carbonyl (C=O) groups excluding carboxylic acids is 2. The van der Waals surface area contributed by atoms with Gasteiger partial charge in [-0.15, -0.1) is 0 Å². The van der Waals surface area contributed by atoms with Gasteiger partial charge in [-0.25, -0.2) is 9.59 Å². The molecule has 0 aliphatic rings. The average molecular weight is 349 g/mol. The van der Waals surface area contributed by atoms with Gasteiger partial charge in [0.2, 0.25) is 0 Å². The topological polar surface area (TPSA) is 140 Å². The molecule has 0 aliphatic carbocycles. The second-order valence-corrected chi connectivity index (χ2v) is 4.68. The second kappa shape index (κ2) is 7.81. The van der Waals surface area contributed by atoms with Crippen LogP contribution in [0.1, 0.15) is 10.4 Å². The predicted octanol–water partition coefficient (Wildman–Crippen LogP) is -0.124. The third-order valence-corrected chi connectivity index (χ3v) is 3.05. The Bertz CT molecular complexity index is 900. The van der Waals surface area contributed by atoms with Gasteiger partial charge >= 0.3 is 11.7 Å². The molecule has 0 spiro atoms. The lowest BCUT2D eigenvalue weighted by Crippen LogP contribution is -2.29. The summed E-state index contributed by atoms with van der Waals surface area (Å²) in [5, 5.41) is 2.50. The van der Waals surface area contributed by atoms with Crippen molar-refractivity contribution in [2.75, 3.05) is 26.1 Å². The minimum atomic E-state index is -1.05. The monoisotopic (exact) mass is 349 g/mol. The summed E-state index contributed by atoms with van der Waals surface area (Å²) in [6.45, 7) is -0.641. The number of esters is 1. The van der Waals surface area contributed by atoms with Crippen molar-refractivity contribution in [3.63, 3.8) is 0 Å². The van der Waals surface area contributed by atoms with Crippen molar-refractivity contribution in [1.82, 2.24) is 9.97 Å². The molecule has 0 unspecified atom stereocenters. The first kappa shape index (κ1) is 17.8. The molecule has 3 N–H and O–H groups in total. The highest BCUT2D eigenvalue weighted by atomic mass is 16.5. The van der Waals surface area contributed by atoms with Gasteiger partial charge in [0, 0.05) is 12.3 Å². The molecule has 1 amide bonds. The van der Waals surface area contributed by atoms with Crippen molar-refractivity contribution in [2.24, 2.45) is 0 Å². The molecule has 1 aromatic carbocycles. The summed E-state index contributed by atoms with van der Waals surface area (Å²) in [6.07, 6.45) is 0.909. The molecule has 25 heavy (non-hydrogen) atoms. The SMILES string of the molecule is COc1ccc(OC)c(NC(=O)COC(=O)c2c[nH]c(=O)[nH]c2=O)c1. The normalized spacial score (nSPS) is 10.0. The fourth-order valence-corrected chi connectivity index (χ4v) is 1.87. The summed E-state index contributed by atoms with van der Waals surface area (Å²) in [5.41, 5.74) is -1.77. The summed E-state index contributed by atoms with van der Waals surface area (Å²) in [6, 6.07) is 4.78. The first-order valence-corrected chi connectivity index (χ1v) is 6.95. The summed E-state index contributed by atoms with van der Waals surface area (Å²) in [5.74, 6) is -0.823. The van der Waals surface area contributed by atoms with Gasteiger partial charge in [-0.1, -0.05) is 0 Å². The number of hydrogen-bond acceptors (Lipinski definition) is 7. The van der Waals surface area contributed by atoms with Gasteiger partial charge in [0.15, 0.2) is 6.61 Å². The molecule has 0 fully saturated rings. The number of H-pyrrole nitrogens is 2. The minimum absolute atomic E-state index is 0.324. The molecule has 0 radical (unpaired) electrons. The van der Waals surface area contributed by atoms with Gasteiger partial charge in [0.25, 0.3) is 11.5 Å². The summed E-state index contributed by atoms with van der Waals surface area (Å²) in [4.78, 5) is 50.1. The maximum absolute atomic E-state index is 11.9. The summed E-state index contributed by atoms with van der Waals surface area (Å²) in [7, 11) is 2.90. The lowest BCUT2D eigenvalue weighted by molar-refractivity contribution is -0.119. The molecule has 2 rings (SSSR count). The number of aromatic amines is 2. The average Bonchev–Trinajstić information content (AvgIpc) is 2.59. The van der Waals surface area contributed by atoms with E-state index in [2.05, 4.69) is 10.3 Å². The van der Waals surface area contributed by atoms with Crippen LogP contribution >= 0.6 is 0 Å². The zero-order valence-electron chi connectivity index (χ0n) is 13.4. The van der Waals surface area contributed by atoms with E-state index in [-0.39, 0.29) is 0 Å². The third-order valence-electron chi connectivity index (χ3n) is 3.05.